The van der Waals surface area contributed by atoms with Gasteiger partial charge in [-0.1, -0.05) is 46.3 Å². The summed E-state index contributed by atoms with van der Waals surface area (Å²) in [6, 6.07) is 15.2. The summed E-state index contributed by atoms with van der Waals surface area (Å²) in [6.45, 7) is 0. The van der Waals surface area contributed by atoms with Gasteiger partial charge in [0.1, 0.15) is 5.75 Å². The van der Waals surface area contributed by atoms with Crippen molar-refractivity contribution in [2.45, 2.75) is 0 Å². The SMILES string of the molecule is O=C1Oc2ccccc2/C1=C/c1ccc(Br)cc1. The molecule has 0 N–H and O–H groups in total. The van der Waals surface area contributed by atoms with Gasteiger partial charge >= 0.3 is 5.97 Å². The summed E-state index contributed by atoms with van der Waals surface area (Å²) >= 11 is 3.38. The van der Waals surface area contributed by atoms with Crippen molar-refractivity contribution in [2.75, 3.05) is 0 Å². The average molecular weight is 301 g/mol. The van der Waals surface area contributed by atoms with E-state index in [9.17, 15) is 4.79 Å². The molecule has 1 aliphatic heterocycles. The molecule has 3 rings (SSSR count). The summed E-state index contributed by atoms with van der Waals surface area (Å²) < 4.78 is 6.21. The Bertz CT molecular complexity index is 642. The molecule has 2 aromatic carbocycles. The van der Waals surface area contributed by atoms with E-state index in [1.165, 1.54) is 0 Å². The molecule has 0 saturated heterocycles. The number of rotatable bonds is 1. The topological polar surface area (TPSA) is 26.3 Å². The minimum absolute atomic E-state index is 0.292. The van der Waals surface area contributed by atoms with E-state index in [1.54, 1.807) is 6.07 Å². The van der Waals surface area contributed by atoms with E-state index < -0.39 is 0 Å². The van der Waals surface area contributed by atoms with E-state index in [0.717, 1.165) is 15.6 Å². The second-order valence-electron chi connectivity index (χ2n) is 4.00. The molecule has 1 heterocycles. The van der Waals surface area contributed by atoms with Gasteiger partial charge in [-0.05, 0) is 29.8 Å². The van der Waals surface area contributed by atoms with Crippen LogP contribution in [0, 0.1) is 0 Å². The predicted molar refractivity (Wildman–Crippen MR) is 74.1 cm³/mol. The molecule has 0 bridgehead atoms. The van der Waals surface area contributed by atoms with Crippen LogP contribution in [0.3, 0.4) is 0 Å². The monoisotopic (exact) mass is 300 g/mol. The molecule has 0 unspecified atom stereocenters. The van der Waals surface area contributed by atoms with Gasteiger partial charge in [-0.25, -0.2) is 4.79 Å². The Balaban J connectivity index is 2.07. The second kappa shape index (κ2) is 4.42. The van der Waals surface area contributed by atoms with Crippen molar-refractivity contribution in [3.05, 3.63) is 64.1 Å². The van der Waals surface area contributed by atoms with Crippen LogP contribution in [-0.4, -0.2) is 5.97 Å². The van der Waals surface area contributed by atoms with Crippen LogP contribution in [0.25, 0.3) is 11.6 Å². The molecule has 2 aromatic rings. The lowest BCUT2D eigenvalue weighted by Gasteiger charge is -1.97. The summed E-state index contributed by atoms with van der Waals surface area (Å²) in [4.78, 5) is 11.8. The fourth-order valence-corrected chi connectivity index (χ4v) is 2.17. The fourth-order valence-electron chi connectivity index (χ4n) is 1.91. The van der Waals surface area contributed by atoms with Gasteiger partial charge in [0.15, 0.2) is 0 Å². The van der Waals surface area contributed by atoms with Crippen LogP contribution >= 0.6 is 15.9 Å². The van der Waals surface area contributed by atoms with Gasteiger partial charge in [0.25, 0.3) is 0 Å². The summed E-state index contributed by atoms with van der Waals surface area (Å²) in [5, 5.41) is 0. The Morgan fingerprint density at radius 3 is 2.50 bits per heavy atom. The van der Waals surface area contributed by atoms with Crippen molar-refractivity contribution >= 4 is 33.5 Å². The third-order valence-corrected chi connectivity index (χ3v) is 3.31. The summed E-state index contributed by atoms with van der Waals surface area (Å²) in [5.74, 6) is 0.338. The van der Waals surface area contributed by atoms with Crippen LogP contribution < -0.4 is 4.74 Å². The molecular formula is C15H9BrO2. The average Bonchev–Trinajstić information content (AvgIpc) is 2.69. The van der Waals surface area contributed by atoms with Gasteiger partial charge in [-0.3, -0.25) is 0 Å². The zero-order valence-corrected chi connectivity index (χ0v) is 11.0. The molecule has 2 nitrogen and oxygen atoms in total. The molecule has 88 valence electrons. The van der Waals surface area contributed by atoms with E-state index in [0.29, 0.717) is 11.3 Å². The Hall–Kier alpha value is -1.87. The number of benzene rings is 2. The van der Waals surface area contributed by atoms with Crippen LogP contribution in [0.5, 0.6) is 5.75 Å². The molecule has 0 saturated carbocycles. The third-order valence-electron chi connectivity index (χ3n) is 2.78. The molecule has 0 fully saturated rings. The number of ether oxygens (including phenoxy) is 1. The van der Waals surface area contributed by atoms with Crippen LogP contribution in [0.1, 0.15) is 11.1 Å². The number of hydrogen-bond donors (Lipinski definition) is 0. The van der Waals surface area contributed by atoms with E-state index in [4.69, 9.17) is 4.74 Å². The van der Waals surface area contributed by atoms with Crippen molar-refractivity contribution in [2.24, 2.45) is 0 Å². The van der Waals surface area contributed by atoms with Crippen LogP contribution in [0.15, 0.2) is 53.0 Å². The van der Waals surface area contributed by atoms with Gasteiger partial charge in [0, 0.05) is 10.0 Å². The molecule has 3 heteroatoms. The van der Waals surface area contributed by atoms with Gasteiger partial charge in [-0.15, -0.1) is 0 Å². The predicted octanol–water partition coefficient (Wildman–Crippen LogP) is 3.91. The van der Waals surface area contributed by atoms with Gasteiger partial charge < -0.3 is 4.74 Å². The zero-order valence-electron chi connectivity index (χ0n) is 9.39. The standard InChI is InChI=1S/C15H9BrO2/c16-11-7-5-10(6-8-11)9-13-12-3-1-2-4-14(12)18-15(13)17/h1-9H/b13-9-. The fraction of sp³-hybridized carbons (Fsp3) is 0. The first-order chi connectivity index (χ1) is 8.74. The highest BCUT2D eigenvalue weighted by molar-refractivity contribution is 9.10. The molecule has 0 aliphatic carbocycles. The first-order valence-electron chi connectivity index (χ1n) is 5.53. The van der Waals surface area contributed by atoms with E-state index in [1.807, 2.05) is 48.5 Å². The molecule has 18 heavy (non-hydrogen) atoms. The molecule has 0 spiro atoms. The Morgan fingerprint density at radius 2 is 1.72 bits per heavy atom. The number of carbonyl (C=O) groups is 1. The first-order valence-corrected chi connectivity index (χ1v) is 6.32. The smallest absolute Gasteiger partial charge is 0.344 e. The van der Waals surface area contributed by atoms with Crippen LogP contribution in [0.2, 0.25) is 0 Å². The van der Waals surface area contributed by atoms with E-state index >= 15 is 0 Å². The molecule has 1 aliphatic rings. The van der Waals surface area contributed by atoms with Crippen molar-refractivity contribution in [1.29, 1.82) is 0 Å². The summed E-state index contributed by atoms with van der Waals surface area (Å²) in [6.07, 6.45) is 1.85. The highest BCUT2D eigenvalue weighted by Crippen LogP contribution is 2.34. The highest BCUT2D eigenvalue weighted by Gasteiger charge is 2.25. The number of esters is 1. The number of halogens is 1. The molecule has 0 radical (unpaired) electrons. The normalized spacial score (nSPS) is 15.6. The Kier molecular flexibility index (Phi) is 2.76. The van der Waals surface area contributed by atoms with Crippen molar-refractivity contribution < 1.29 is 9.53 Å². The maximum Gasteiger partial charge on any atom is 0.344 e. The lowest BCUT2D eigenvalue weighted by Crippen LogP contribution is -2.00. The Labute approximate surface area is 113 Å². The van der Waals surface area contributed by atoms with Crippen molar-refractivity contribution in [3.8, 4) is 5.75 Å². The Morgan fingerprint density at radius 1 is 1.00 bits per heavy atom. The first kappa shape index (κ1) is 11.2. The van der Waals surface area contributed by atoms with Crippen LogP contribution in [0.4, 0.5) is 0 Å². The minimum Gasteiger partial charge on any atom is -0.422 e. The minimum atomic E-state index is -0.292. The summed E-state index contributed by atoms with van der Waals surface area (Å²) in [5.41, 5.74) is 2.43. The molecule has 0 amide bonds. The largest absolute Gasteiger partial charge is 0.422 e. The number of fused-ring (bicyclic) bond motifs is 1. The van der Waals surface area contributed by atoms with Crippen LogP contribution in [-0.2, 0) is 4.79 Å². The lowest BCUT2D eigenvalue weighted by atomic mass is 10.0. The van der Waals surface area contributed by atoms with Crippen molar-refractivity contribution in [1.82, 2.24) is 0 Å². The summed E-state index contributed by atoms with van der Waals surface area (Å²) in [7, 11) is 0. The number of para-hydroxylation sites is 1. The number of carbonyl (C=O) groups excluding carboxylic acids is 1. The second-order valence-corrected chi connectivity index (χ2v) is 4.91. The number of hydrogen-bond acceptors (Lipinski definition) is 2. The molecule has 0 aromatic heterocycles. The van der Waals surface area contributed by atoms with Gasteiger partial charge in [-0.2, -0.15) is 0 Å². The maximum atomic E-state index is 11.8. The van der Waals surface area contributed by atoms with E-state index in [-0.39, 0.29) is 5.97 Å². The maximum absolute atomic E-state index is 11.8. The highest BCUT2D eigenvalue weighted by atomic mass is 79.9. The molecule has 0 atom stereocenters. The third kappa shape index (κ3) is 1.97. The lowest BCUT2D eigenvalue weighted by molar-refractivity contribution is -0.126. The zero-order chi connectivity index (χ0) is 12.5. The van der Waals surface area contributed by atoms with E-state index in [2.05, 4.69) is 15.9 Å². The van der Waals surface area contributed by atoms with Gasteiger partial charge in [0.05, 0.1) is 5.57 Å². The van der Waals surface area contributed by atoms with Crippen molar-refractivity contribution in [3.63, 3.8) is 0 Å². The quantitative estimate of drug-likeness (QED) is 0.453. The molecular weight excluding hydrogens is 292 g/mol. The van der Waals surface area contributed by atoms with Gasteiger partial charge in [0.2, 0.25) is 0 Å².